The molecular weight excluding hydrogens is 295 g/mol. The third-order valence-corrected chi connectivity index (χ3v) is 3.11. The van der Waals surface area contributed by atoms with Gasteiger partial charge in [-0.15, -0.1) is 0 Å². The number of phenols is 1. The molecule has 0 unspecified atom stereocenters. The number of aromatic hydroxyl groups is 1. The van der Waals surface area contributed by atoms with E-state index in [1.54, 1.807) is 28.9 Å². The van der Waals surface area contributed by atoms with Crippen molar-refractivity contribution in [2.75, 3.05) is 0 Å². The van der Waals surface area contributed by atoms with E-state index in [1.165, 1.54) is 12.1 Å². The smallest absolute Gasteiger partial charge is 0.169 e. The molecule has 4 nitrogen and oxygen atoms in total. The summed E-state index contributed by atoms with van der Waals surface area (Å²) < 4.78 is 20.2. The summed E-state index contributed by atoms with van der Waals surface area (Å²) in [7, 11) is 0. The molecule has 0 bridgehead atoms. The van der Waals surface area contributed by atoms with E-state index in [4.69, 9.17) is 21.6 Å². The molecule has 6 heteroatoms. The monoisotopic (exact) mass is 302 g/mol. The number of rotatable bonds is 2. The van der Waals surface area contributed by atoms with Crippen molar-refractivity contribution in [3.05, 3.63) is 59.1 Å². The lowest BCUT2D eigenvalue weighted by atomic mass is 10.3. The number of aromatic nitrogens is 1. The lowest BCUT2D eigenvalue weighted by molar-refractivity contribution is 0.408. The summed E-state index contributed by atoms with van der Waals surface area (Å²) >= 11 is 6.00. The molecule has 2 heterocycles. The molecule has 3 rings (SSSR count). The highest BCUT2D eigenvalue weighted by atomic mass is 35.5. The minimum atomic E-state index is -0.564. The topological polar surface area (TPSA) is 57.7 Å². The van der Waals surface area contributed by atoms with E-state index in [0.717, 1.165) is 6.07 Å². The Bertz CT molecular complexity index is 883. The summed E-state index contributed by atoms with van der Waals surface area (Å²) in [6.07, 6.45) is 3.24. The largest absolute Gasteiger partial charge is 0.504 e. The number of hydrogen-bond donors (Lipinski definition) is 1. The van der Waals surface area contributed by atoms with E-state index in [9.17, 15) is 9.50 Å². The summed E-state index contributed by atoms with van der Waals surface area (Å²) in [5.41, 5.74) is 1.06. The Labute approximate surface area is 124 Å². The second-order valence-corrected chi connectivity index (χ2v) is 4.81. The molecule has 3 aromatic rings. The zero-order chi connectivity index (χ0) is 15.0. The van der Waals surface area contributed by atoms with Crippen LogP contribution in [0.25, 0.3) is 5.52 Å². The van der Waals surface area contributed by atoms with E-state index in [0.29, 0.717) is 21.9 Å². The van der Waals surface area contributed by atoms with Gasteiger partial charge in [-0.25, -0.2) is 4.39 Å². The maximum Gasteiger partial charge on any atom is 0.169 e. The van der Waals surface area contributed by atoms with Crippen molar-refractivity contribution in [3.8, 4) is 23.3 Å². The summed E-state index contributed by atoms with van der Waals surface area (Å²) in [6.45, 7) is 0. The Morgan fingerprint density at radius 1 is 1.19 bits per heavy atom. The van der Waals surface area contributed by atoms with Crippen LogP contribution in [0.3, 0.4) is 0 Å². The van der Waals surface area contributed by atoms with Crippen LogP contribution in [0.5, 0.6) is 17.2 Å². The third-order valence-electron chi connectivity index (χ3n) is 2.90. The van der Waals surface area contributed by atoms with Crippen molar-refractivity contribution in [1.29, 1.82) is 5.26 Å². The normalized spacial score (nSPS) is 10.5. The van der Waals surface area contributed by atoms with Gasteiger partial charge in [0.05, 0.1) is 16.1 Å². The SMILES string of the molecule is N#Cc1cc2c(Oc3ccc(F)cc3O)cc(Cl)cn2c1. The minimum Gasteiger partial charge on any atom is -0.504 e. The number of phenolic OH excluding ortho intramolecular Hbond substituents is 1. The van der Waals surface area contributed by atoms with Gasteiger partial charge in [-0.3, -0.25) is 0 Å². The zero-order valence-electron chi connectivity index (χ0n) is 10.5. The summed E-state index contributed by atoms with van der Waals surface area (Å²) in [4.78, 5) is 0. The Morgan fingerprint density at radius 3 is 2.71 bits per heavy atom. The number of fused-ring (bicyclic) bond motifs is 1. The Balaban J connectivity index is 2.11. The van der Waals surface area contributed by atoms with Gasteiger partial charge in [-0.05, 0) is 18.2 Å². The van der Waals surface area contributed by atoms with Crippen LogP contribution in [0.1, 0.15) is 5.56 Å². The summed E-state index contributed by atoms with van der Waals surface area (Å²) in [5, 5.41) is 19.0. The number of pyridine rings is 1. The number of ether oxygens (including phenoxy) is 1. The standard InChI is InChI=1S/C15H8ClFN2O2/c16-10-4-15(12-3-9(6-18)7-19(12)8-10)21-14-2-1-11(17)5-13(14)20/h1-5,7-8,20H. The second-order valence-electron chi connectivity index (χ2n) is 4.37. The molecule has 104 valence electrons. The summed E-state index contributed by atoms with van der Waals surface area (Å²) in [6, 6.07) is 8.66. The van der Waals surface area contributed by atoms with Gasteiger partial charge in [0.15, 0.2) is 17.2 Å². The molecule has 1 N–H and O–H groups in total. The van der Waals surface area contributed by atoms with Gasteiger partial charge >= 0.3 is 0 Å². The van der Waals surface area contributed by atoms with Crippen molar-refractivity contribution in [2.45, 2.75) is 0 Å². The molecule has 2 aromatic heterocycles. The first kappa shape index (κ1) is 13.3. The first-order valence-electron chi connectivity index (χ1n) is 5.94. The van der Waals surface area contributed by atoms with Crippen molar-refractivity contribution >= 4 is 17.1 Å². The Hall–Kier alpha value is -2.71. The fraction of sp³-hybridized carbons (Fsp3) is 0. The lowest BCUT2D eigenvalue weighted by Gasteiger charge is -2.10. The maximum absolute atomic E-state index is 13.0. The highest BCUT2D eigenvalue weighted by molar-refractivity contribution is 6.30. The zero-order valence-corrected chi connectivity index (χ0v) is 11.3. The molecule has 1 aromatic carbocycles. The average Bonchev–Trinajstić information content (AvgIpc) is 2.85. The van der Waals surface area contributed by atoms with Crippen LogP contribution < -0.4 is 4.74 Å². The van der Waals surface area contributed by atoms with E-state index in [1.807, 2.05) is 6.07 Å². The Morgan fingerprint density at radius 2 is 2.00 bits per heavy atom. The van der Waals surface area contributed by atoms with Gasteiger partial charge in [-0.2, -0.15) is 5.26 Å². The van der Waals surface area contributed by atoms with Crippen LogP contribution in [0.2, 0.25) is 5.02 Å². The fourth-order valence-electron chi connectivity index (χ4n) is 1.99. The van der Waals surface area contributed by atoms with Gasteiger partial charge in [-0.1, -0.05) is 11.6 Å². The highest BCUT2D eigenvalue weighted by Crippen LogP contribution is 2.35. The molecule has 0 fully saturated rings. The molecule has 0 saturated carbocycles. The van der Waals surface area contributed by atoms with E-state index >= 15 is 0 Å². The van der Waals surface area contributed by atoms with Crippen LogP contribution >= 0.6 is 11.6 Å². The van der Waals surface area contributed by atoms with Gasteiger partial charge in [0.2, 0.25) is 0 Å². The number of halogens is 2. The van der Waals surface area contributed by atoms with E-state index < -0.39 is 5.82 Å². The van der Waals surface area contributed by atoms with E-state index in [2.05, 4.69) is 0 Å². The number of benzene rings is 1. The quantitative estimate of drug-likeness (QED) is 0.775. The van der Waals surface area contributed by atoms with Crippen LogP contribution in [0.4, 0.5) is 4.39 Å². The van der Waals surface area contributed by atoms with Crippen molar-refractivity contribution in [3.63, 3.8) is 0 Å². The van der Waals surface area contributed by atoms with Crippen LogP contribution in [-0.2, 0) is 0 Å². The van der Waals surface area contributed by atoms with Gasteiger partial charge < -0.3 is 14.2 Å². The fourth-order valence-corrected chi connectivity index (χ4v) is 2.20. The van der Waals surface area contributed by atoms with Gasteiger partial charge in [0.25, 0.3) is 0 Å². The van der Waals surface area contributed by atoms with Crippen molar-refractivity contribution in [2.24, 2.45) is 0 Å². The minimum absolute atomic E-state index is 0.0975. The predicted octanol–water partition coefficient (Wildman–Crippen LogP) is 4.10. The van der Waals surface area contributed by atoms with E-state index in [-0.39, 0.29) is 11.5 Å². The number of hydrogen-bond acceptors (Lipinski definition) is 3. The molecule has 0 aliphatic carbocycles. The number of nitrogens with zero attached hydrogens (tertiary/aromatic N) is 2. The molecule has 21 heavy (non-hydrogen) atoms. The van der Waals surface area contributed by atoms with Crippen LogP contribution in [-0.4, -0.2) is 9.51 Å². The van der Waals surface area contributed by atoms with Crippen LogP contribution in [0.15, 0.2) is 42.7 Å². The van der Waals surface area contributed by atoms with Crippen molar-refractivity contribution < 1.29 is 14.2 Å². The van der Waals surface area contributed by atoms with Gasteiger partial charge in [0, 0.05) is 24.5 Å². The predicted molar refractivity (Wildman–Crippen MR) is 75.3 cm³/mol. The van der Waals surface area contributed by atoms with Gasteiger partial charge in [0.1, 0.15) is 11.9 Å². The first-order valence-corrected chi connectivity index (χ1v) is 6.32. The molecule has 0 aliphatic heterocycles. The molecular formula is C15H8ClFN2O2. The first-order chi connectivity index (χ1) is 10.1. The lowest BCUT2D eigenvalue weighted by Crippen LogP contribution is -1.90. The third kappa shape index (κ3) is 2.49. The average molecular weight is 303 g/mol. The summed E-state index contributed by atoms with van der Waals surface area (Å²) in [5.74, 6) is -0.433. The van der Waals surface area contributed by atoms with Crippen molar-refractivity contribution in [1.82, 2.24) is 4.40 Å². The second kappa shape index (κ2) is 5.00. The Kier molecular flexibility index (Phi) is 3.16. The molecule has 0 saturated heterocycles. The van der Waals surface area contributed by atoms with Crippen LogP contribution in [0, 0.1) is 17.1 Å². The molecule has 0 amide bonds. The molecule has 0 spiro atoms. The molecule has 0 radical (unpaired) electrons. The molecule has 0 atom stereocenters. The molecule has 0 aliphatic rings. The number of nitriles is 1. The maximum atomic E-state index is 13.0. The highest BCUT2D eigenvalue weighted by Gasteiger charge is 2.11.